The van der Waals surface area contributed by atoms with Crippen molar-refractivity contribution in [2.75, 3.05) is 13.2 Å². The molecule has 1 atom stereocenters. The minimum absolute atomic E-state index is 0.0126. The molecule has 0 spiro atoms. The maximum absolute atomic E-state index is 14.2. The number of amides is 1. The van der Waals surface area contributed by atoms with Gasteiger partial charge in [0.1, 0.15) is 17.9 Å². The summed E-state index contributed by atoms with van der Waals surface area (Å²) in [5.41, 5.74) is -1.59. The number of likely N-dealkylation sites (tertiary alicyclic amines) is 1. The Morgan fingerprint density at radius 2 is 1.96 bits per heavy atom. The number of carbonyl (C=O) groups excluding carboxylic acids is 1. The molecule has 5 nitrogen and oxygen atoms in total. The molecule has 2 heterocycles. The van der Waals surface area contributed by atoms with Gasteiger partial charge in [0.2, 0.25) is 5.95 Å². The van der Waals surface area contributed by atoms with Crippen molar-refractivity contribution in [1.29, 1.82) is 0 Å². The largest absolute Gasteiger partial charge is 0.488 e. The molecule has 28 heavy (non-hydrogen) atoms. The second kappa shape index (κ2) is 8.39. The number of aromatic nitrogens is 2. The molecule has 0 radical (unpaired) electrons. The number of nitrogens with zero attached hydrogens (tertiary/aromatic N) is 3. The van der Waals surface area contributed by atoms with Gasteiger partial charge in [-0.3, -0.25) is 4.79 Å². The first-order valence-electron chi connectivity index (χ1n) is 8.29. The number of aryl methyl sites for hydroxylation is 1. The fourth-order valence-electron chi connectivity index (χ4n) is 3.14. The maximum atomic E-state index is 14.2. The Bertz CT molecular complexity index is 884. The van der Waals surface area contributed by atoms with Gasteiger partial charge in [-0.2, -0.15) is 9.49 Å². The SMILES string of the molecule is Cn1nc(C(F)F)c(C(=O)N2CCC[C@H]2COc2c(Cl)cc(Cl)cc2Cl)c1F. The van der Waals surface area contributed by atoms with E-state index in [-0.39, 0.29) is 28.9 Å². The van der Waals surface area contributed by atoms with Crippen molar-refractivity contribution in [1.82, 2.24) is 14.7 Å². The molecule has 1 aromatic heterocycles. The number of hydrogen-bond donors (Lipinski definition) is 0. The molecule has 1 fully saturated rings. The van der Waals surface area contributed by atoms with Gasteiger partial charge in [0.05, 0.1) is 16.1 Å². The number of carbonyl (C=O) groups is 1. The number of rotatable bonds is 5. The highest BCUT2D eigenvalue weighted by Gasteiger charge is 2.36. The van der Waals surface area contributed by atoms with Crippen LogP contribution in [0.4, 0.5) is 13.2 Å². The van der Waals surface area contributed by atoms with Crippen LogP contribution < -0.4 is 4.74 Å². The van der Waals surface area contributed by atoms with Crippen LogP contribution in [0.5, 0.6) is 5.75 Å². The quantitative estimate of drug-likeness (QED) is 0.626. The van der Waals surface area contributed by atoms with E-state index < -0.39 is 35.6 Å². The highest BCUT2D eigenvalue weighted by molar-refractivity contribution is 6.40. The van der Waals surface area contributed by atoms with Gasteiger partial charge in [-0.25, -0.2) is 13.5 Å². The summed E-state index contributed by atoms with van der Waals surface area (Å²) in [6.45, 7) is 0.296. The Labute approximate surface area is 173 Å². The van der Waals surface area contributed by atoms with E-state index in [9.17, 15) is 18.0 Å². The number of ether oxygens (including phenoxy) is 1. The maximum Gasteiger partial charge on any atom is 0.283 e. The lowest BCUT2D eigenvalue weighted by atomic mass is 10.2. The second-order valence-electron chi connectivity index (χ2n) is 6.28. The van der Waals surface area contributed by atoms with E-state index in [2.05, 4.69) is 5.10 Å². The molecule has 0 unspecified atom stereocenters. The molecule has 0 N–H and O–H groups in total. The summed E-state index contributed by atoms with van der Waals surface area (Å²) in [5.74, 6) is -1.75. The zero-order valence-electron chi connectivity index (χ0n) is 14.6. The summed E-state index contributed by atoms with van der Waals surface area (Å²) in [4.78, 5) is 14.1. The average molecular weight is 457 g/mol. The topological polar surface area (TPSA) is 47.4 Å². The monoisotopic (exact) mass is 455 g/mol. The third kappa shape index (κ3) is 4.04. The van der Waals surface area contributed by atoms with E-state index in [0.717, 1.165) is 7.05 Å². The molecular formula is C17H15Cl3F3N3O2. The van der Waals surface area contributed by atoms with Gasteiger partial charge in [-0.1, -0.05) is 34.8 Å². The molecule has 0 bridgehead atoms. The summed E-state index contributed by atoms with van der Waals surface area (Å²) < 4.78 is 46.9. The summed E-state index contributed by atoms with van der Waals surface area (Å²) >= 11 is 18.0. The van der Waals surface area contributed by atoms with Gasteiger partial charge in [0.25, 0.3) is 12.3 Å². The molecule has 0 aliphatic carbocycles. The van der Waals surface area contributed by atoms with Crippen LogP contribution in [-0.2, 0) is 7.05 Å². The van der Waals surface area contributed by atoms with Gasteiger partial charge in [0, 0.05) is 18.6 Å². The molecule has 1 aromatic carbocycles. The van der Waals surface area contributed by atoms with Crippen molar-refractivity contribution in [2.24, 2.45) is 7.05 Å². The van der Waals surface area contributed by atoms with Crippen molar-refractivity contribution in [3.63, 3.8) is 0 Å². The molecule has 1 aliphatic rings. The third-order valence-electron chi connectivity index (χ3n) is 4.45. The molecule has 3 rings (SSSR count). The van der Waals surface area contributed by atoms with Crippen LogP contribution in [0.1, 0.15) is 35.3 Å². The van der Waals surface area contributed by atoms with Crippen molar-refractivity contribution < 1.29 is 22.7 Å². The number of alkyl halides is 2. The first-order chi connectivity index (χ1) is 13.2. The summed E-state index contributed by atoms with van der Waals surface area (Å²) in [5, 5.41) is 4.16. The van der Waals surface area contributed by atoms with Crippen LogP contribution >= 0.6 is 34.8 Å². The minimum Gasteiger partial charge on any atom is -0.488 e. The molecule has 1 saturated heterocycles. The number of hydrogen-bond acceptors (Lipinski definition) is 3. The minimum atomic E-state index is -3.07. The van der Waals surface area contributed by atoms with E-state index in [0.29, 0.717) is 22.5 Å². The van der Waals surface area contributed by atoms with Crippen molar-refractivity contribution in [3.8, 4) is 5.75 Å². The number of halogens is 6. The van der Waals surface area contributed by atoms with Crippen LogP contribution in [0.15, 0.2) is 12.1 Å². The van der Waals surface area contributed by atoms with Crippen LogP contribution in [0, 0.1) is 5.95 Å². The fourth-order valence-corrected chi connectivity index (χ4v) is 4.07. The zero-order chi connectivity index (χ0) is 20.6. The molecule has 2 aromatic rings. The number of benzene rings is 1. The zero-order valence-corrected chi connectivity index (χ0v) is 16.8. The molecule has 0 saturated carbocycles. The highest BCUT2D eigenvalue weighted by Crippen LogP contribution is 2.36. The Hall–Kier alpha value is -1.64. The Kier molecular flexibility index (Phi) is 6.31. The average Bonchev–Trinajstić information content (AvgIpc) is 3.19. The third-order valence-corrected chi connectivity index (χ3v) is 5.23. The lowest BCUT2D eigenvalue weighted by molar-refractivity contribution is 0.0675. The molecule has 1 amide bonds. The van der Waals surface area contributed by atoms with Gasteiger partial charge in [-0.15, -0.1) is 0 Å². The first kappa shape index (κ1) is 21.1. The van der Waals surface area contributed by atoms with E-state index in [1.165, 1.54) is 17.0 Å². The van der Waals surface area contributed by atoms with Crippen LogP contribution in [0.25, 0.3) is 0 Å². The van der Waals surface area contributed by atoms with Gasteiger partial charge in [-0.05, 0) is 25.0 Å². The van der Waals surface area contributed by atoms with Gasteiger partial charge >= 0.3 is 0 Å². The summed E-state index contributed by atoms with van der Waals surface area (Å²) in [7, 11) is 1.16. The van der Waals surface area contributed by atoms with Gasteiger partial charge in [0.15, 0.2) is 5.75 Å². The van der Waals surface area contributed by atoms with Crippen LogP contribution in [0.3, 0.4) is 0 Å². The smallest absolute Gasteiger partial charge is 0.283 e. The van der Waals surface area contributed by atoms with E-state index in [1.807, 2.05) is 0 Å². The Morgan fingerprint density at radius 3 is 2.57 bits per heavy atom. The fraction of sp³-hybridized carbons (Fsp3) is 0.412. The van der Waals surface area contributed by atoms with Gasteiger partial charge < -0.3 is 9.64 Å². The molecule has 11 heteroatoms. The normalized spacial score (nSPS) is 16.9. The standard InChI is InChI=1S/C17H15Cl3F3N3O2/c1-25-16(23)12(13(24-25)15(21)22)17(27)26-4-2-3-9(26)7-28-14-10(19)5-8(18)6-11(14)20/h5-6,9,15H,2-4,7H2,1H3/t9-/m0/s1. The van der Waals surface area contributed by atoms with Crippen LogP contribution in [0.2, 0.25) is 15.1 Å². The van der Waals surface area contributed by atoms with Crippen molar-refractivity contribution in [2.45, 2.75) is 25.3 Å². The molecular weight excluding hydrogens is 442 g/mol. The lowest BCUT2D eigenvalue weighted by Gasteiger charge is -2.25. The lowest BCUT2D eigenvalue weighted by Crippen LogP contribution is -2.39. The summed E-state index contributed by atoms with van der Waals surface area (Å²) in [6, 6.07) is 2.46. The van der Waals surface area contributed by atoms with E-state index in [4.69, 9.17) is 39.5 Å². The highest BCUT2D eigenvalue weighted by atomic mass is 35.5. The van der Waals surface area contributed by atoms with Crippen LogP contribution in [-0.4, -0.2) is 39.8 Å². The Morgan fingerprint density at radius 1 is 1.32 bits per heavy atom. The molecule has 152 valence electrons. The second-order valence-corrected chi connectivity index (χ2v) is 7.53. The predicted octanol–water partition coefficient (Wildman–Crippen LogP) is 5.14. The van der Waals surface area contributed by atoms with E-state index in [1.54, 1.807) is 0 Å². The first-order valence-corrected chi connectivity index (χ1v) is 9.43. The molecule has 1 aliphatic heterocycles. The van der Waals surface area contributed by atoms with Crippen molar-refractivity contribution >= 4 is 40.7 Å². The van der Waals surface area contributed by atoms with E-state index >= 15 is 0 Å². The predicted molar refractivity (Wildman–Crippen MR) is 99.1 cm³/mol. The summed E-state index contributed by atoms with van der Waals surface area (Å²) in [6.07, 6.45) is -1.90. The Balaban J connectivity index is 1.80. The van der Waals surface area contributed by atoms with Crippen molar-refractivity contribution in [3.05, 3.63) is 44.4 Å².